The third kappa shape index (κ3) is 2.21. The minimum atomic E-state index is -4.57. The van der Waals surface area contributed by atoms with Crippen molar-refractivity contribution >= 4 is 11.0 Å². The summed E-state index contributed by atoms with van der Waals surface area (Å²) in [5.74, 6) is -0.0824. The summed E-state index contributed by atoms with van der Waals surface area (Å²) in [6.45, 7) is 0. The van der Waals surface area contributed by atoms with Crippen molar-refractivity contribution in [3.63, 3.8) is 0 Å². The van der Waals surface area contributed by atoms with Crippen LogP contribution in [0.25, 0.3) is 16.9 Å². The van der Waals surface area contributed by atoms with E-state index in [0.717, 1.165) is 12.1 Å². The van der Waals surface area contributed by atoms with E-state index in [2.05, 4.69) is 9.97 Å². The van der Waals surface area contributed by atoms with Crippen LogP contribution in [0, 0.1) is 11.3 Å². The maximum Gasteiger partial charge on any atom is 0.433 e. The summed E-state index contributed by atoms with van der Waals surface area (Å²) in [5, 5.41) is 9.08. The molecular formula is C14H7F3N4. The maximum atomic E-state index is 12.8. The van der Waals surface area contributed by atoms with Gasteiger partial charge in [0.05, 0.1) is 16.6 Å². The second-order valence-corrected chi connectivity index (χ2v) is 4.28. The van der Waals surface area contributed by atoms with Crippen molar-refractivity contribution in [2.75, 3.05) is 0 Å². The summed E-state index contributed by atoms with van der Waals surface area (Å²) in [5.41, 5.74) is 0.196. The Morgan fingerprint density at radius 3 is 2.57 bits per heavy atom. The fraction of sp³-hybridized carbons (Fsp3) is 0.0714. The van der Waals surface area contributed by atoms with Crippen molar-refractivity contribution in [3.8, 4) is 11.9 Å². The van der Waals surface area contributed by atoms with Gasteiger partial charge in [-0.3, -0.25) is 4.57 Å². The Balaban J connectivity index is 2.28. The molecule has 0 aliphatic carbocycles. The molecule has 0 N–H and O–H groups in total. The Morgan fingerprint density at radius 2 is 1.86 bits per heavy atom. The van der Waals surface area contributed by atoms with Gasteiger partial charge < -0.3 is 0 Å². The summed E-state index contributed by atoms with van der Waals surface area (Å²) >= 11 is 0. The van der Waals surface area contributed by atoms with Crippen LogP contribution in [0.5, 0.6) is 0 Å². The zero-order valence-electron chi connectivity index (χ0n) is 10.5. The van der Waals surface area contributed by atoms with E-state index in [1.165, 1.54) is 10.9 Å². The molecule has 0 saturated carbocycles. The van der Waals surface area contributed by atoms with E-state index in [-0.39, 0.29) is 11.4 Å². The van der Waals surface area contributed by atoms with E-state index in [4.69, 9.17) is 5.26 Å². The predicted molar refractivity (Wildman–Crippen MR) is 68.6 cm³/mol. The number of imidazole rings is 1. The maximum absolute atomic E-state index is 12.8. The first-order valence-electron chi connectivity index (χ1n) is 5.91. The second-order valence-electron chi connectivity index (χ2n) is 4.28. The van der Waals surface area contributed by atoms with Gasteiger partial charge >= 0.3 is 6.18 Å². The van der Waals surface area contributed by atoms with Crippen LogP contribution in [0.2, 0.25) is 0 Å². The molecule has 0 atom stereocenters. The third-order valence-electron chi connectivity index (χ3n) is 2.97. The summed E-state index contributed by atoms with van der Waals surface area (Å²) in [4.78, 5) is 7.68. The lowest BCUT2D eigenvalue weighted by Crippen LogP contribution is -2.11. The average molecular weight is 288 g/mol. The highest BCUT2D eigenvalue weighted by Gasteiger charge is 2.33. The summed E-state index contributed by atoms with van der Waals surface area (Å²) in [6.07, 6.45) is -3.22. The number of rotatable bonds is 1. The molecule has 0 bridgehead atoms. The SMILES string of the molecule is N#Cc1ccc(C(F)(F)F)nc1-n1cnc2ccccc21. The van der Waals surface area contributed by atoms with E-state index in [1.807, 2.05) is 6.07 Å². The fourth-order valence-corrected chi connectivity index (χ4v) is 2.01. The minimum absolute atomic E-state index is 0.0474. The molecular weight excluding hydrogens is 281 g/mol. The van der Waals surface area contributed by atoms with Gasteiger partial charge in [0.15, 0.2) is 5.82 Å². The van der Waals surface area contributed by atoms with Crippen LogP contribution >= 0.6 is 0 Å². The first kappa shape index (κ1) is 13.1. The number of halogens is 3. The van der Waals surface area contributed by atoms with Crippen molar-refractivity contribution in [3.05, 3.63) is 54.0 Å². The van der Waals surface area contributed by atoms with Gasteiger partial charge in [-0.05, 0) is 24.3 Å². The summed E-state index contributed by atoms with van der Waals surface area (Å²) in [7, 11) is 0. The molecule has 4 nitrogen and oxygen atoms in total. The Kier molecular flexibility index (Phi) is 2.87. The van der Waals surface area contributed by atoms with E-state index >= 15 is 0 Å². The van der Waals surface area contributed by atoms with Crippen LogP contribution in [0.4, 0.5) is 13.2 Å². The van der Waals surface area contributed by atoms with Gasteiger partial charge in [0.1, 0.15) is 18.1 Å². The van der Waals surface area contributed by atoms with Crippen molar-refractivity contribution in [2.24, 2.45) is 0 Å². The Bertz CT molecular complexity index is 859. The minimum Gasteiger partial charge on any atom is -0.282 e. The molecule has 0 saturated heterocycles. The molecule has 0 aliphatic heterocycles. The lowest BCUT2D eigenvalue weighted by Gasteiger charge is -2.10. The van der Waals surface area contributed by atoms with Gasteiger partial charge in [-0.25, -0.2) is 9.97 Å². The number of fused-ring (bicyclic) bond motifs is 1. The lowest BCUT2D eigenvalue weighted by atomic mass is 10.2. The number of nitrogens with zero attached hydrogens (tertiary/aromatic N) is 4. The van der Waals surface area contributed by atoms with E-state index in [0.29, 0.717) is 11.0 Å². The van der Waals surface area contributed by atoms with E-state index < -0.39 is 11.9 Å². The quantitative estimate of drug-likeness (QED) is 0.690. The number of hydrogen-bond acceptors (Lipinski definition) is 3. The number of benzene rings is 1. The molecule has 2 aromatic heterocycles. The van der Waals surface area contributed by atoms with Gasteiger partial charge in [-0.15, -0.1) is 0 Å². The Morgan fingerprint density at radius 1 is 1.10 bits per heavy atom. The molecule has 3 rings (SSSR count). The van der Waals surface area contributed by atoms with E-state index in [1.54, 1.807) is 24.3 Å². The van der Waals surface area contributed by atoms with Crippen molar-refractivity contribution < 1.29 is 13.2 Å². The standard InChI is InChI=1S/C14H7F3N4/c15-14(16,17)12-6-5-9(7-18)13(20-12)21-8-19-10-3-1-2-4-11(10)21/h1-6,8H. The molecule has 3 aromatic rings. The summed E-state index contributed by atoms with van der Waals surface area (Å²) in [6, 6.07) is 10.7. The van der Waals surface area contributed by atoms with Gasteiger partial charge in [-0.1, -0.05) is 12.1 Å². The molecule has 7 heteroatoms. The molecule has 2 heterocycles. The largest absolute Gasteiger partial charge is 0.433 e. The highest BCUT2D eigenvalue weighted by Crippen LogP contribution is 2.29. The fourth-order valence-electron chi connectivity index (χ4n) is 2.01. The van der Waals surface area contributed by atoms with Crippen LogP contribution in [0.1, 0.15) is 11.3 Å². The highest BCUT2D eigenvalue weighted by atomic mass is 19.4. The average Bonchev–Trinajstić information content (AvgIpc) is 2.89. The molecule has 0 aliphatic rings. The van der Waals surface area contributed by atoms with Crippen LogP contribution in [0.3, 0.4) is 0 Å². The smallest absolute Gasteiger partial charge is 0.282 e. The van der Waals surface area contributed by atoms with Crippen LogP contribution < -0.4 is 0 Å². The van der Waals surface area contributed by atoms with Gasteiger partial charge in [0, 0.05) is 0 Å². The topological polar surface area (TPSA) is 54.5 Å². The molecule has 0 unspecified atom stereocenters. The first-order valence-corrected chi connectivity index (χ1v) is 5.91. The number of para-hydroxylation sites is 2. The molecule has 0 radical (unpaired) electrons. The monoisotopic (exact) mass is 288 g/mol. The first-order chi connectivity index (χ1) is 10.0. The highest BCUT2D eigenvalue weighted by molar-refractivity contribution is 5.77. The third-order valence-corrected chi connectivity index (χ3v) is 2.97. The number of hydrogen-bond donors (Lipinski definition) is 0. The molecule has 0 fully saturated rings. The van der Waals surface area contributed by atoms with Crippen LogP contribution in [-0.2, 0) is 6.18 Å². The van der Waals surface area contributed by atoms with E-state index in [9.17, 15) is 13.2 Å². The van der Waals surface area contributed by atoms with Gasteiger partial charge in [0.25, 0.3) is 0 Å². The molecule has 1 aromatic carbocycles. The van der Waals surface area contributed by atoms with Crippen LogP contribution in [0.15, 0.2) is 42.7 Å². The molecule has 104 valence electrons. The zero-order valence-corrected chi connectivity index (χ0v) is 10.5. The number of pyridine rings is 1. The van der Waals surface area contributed by atoms with Gasteiger partial charge in [0.2, 0.25) is 0 Å². The molecule has 21 heavy (non-hydrogen) atoms. The van der Waals surface area contributed by atoms with Gasteiger partial charge in [-0.2, -0.15) is 18.4 Å². The number of nitriles is 1. The lowest BCUT2D eigenvalue weighted by molar-refractivity contribution is -0.141. The molecule has 0 amide bonds. The van der Waals surface area contributed by atoms with Crippen LogP contribution in [-0.4, -0.2) is 14.5 Å². The number of aromatic nitrogens is 3. The summed E-state index contributed by atoms with van der Waals surface area (Å²) < 4.78 is 39.7. The van der Waals surface area contributed by atoms with Crippen molar-refractivity contribution in [2.45, 2.75) is 6.18 Å². The Labute approximate surface area is 117 Å². The molecule has 0 spiro atoms. The second kappa shape index (κ2) is 4.59. The van der Waals surface area contributed by atoms with Crippen molar-refractivity contribution in [1.29, 1.82) is 5.26 Å². The zero-order chi connectivity index (χ0) is 15.0. The normalized spacial score (nSPS) is 11.5. The Hall–Kier alpha value is -2.88. The van der Waals surface area contributed by atoms with Crippen molar-refractivity contribution in [1.82, 2.24) is 14.5 Å². The predicted octanol–water partition coefficient (Wildman–Crippen LogP) is 3.31. The number of alkyl halides is 3.